The first-order valence-electron chi connectivity index (χ1n) is 14.8. The molecule has 3 rings (SSSR count). The fourth-order valence-corrected chi connectivity index (χ4v) is 6.03. The first-order valence-corrected chi connectivity index (χ1v) is 16.7. The van der Waals surface area contributed by atoms with E-state index in [1.54, 1.807) is 18.1 Å². The van der Waals surface area contributed by atoms with E-state index in [4.69, 9.17) is 4.74 Å². The molecule has 2 amide bonds. The van der Waals surface area contributed by atoms with E-state index in [0.717, 1.165) is 35.1 Å². The zero-order valence-corrected chi connectivity index (χ0v) is 26.8. The van der Waals surface area contributed by atoms with Crippen LogP contribution in [-0.4, -0.2) is 57.6 Å². The number of rotatable bonds is 16. The monoisotopic (exact) mass is 607 g/mol. The number of ether oxygens (including phenoxy) is 1. The van der Waals surface area contributed by atoms with Gasteiger partial charge < -0.3 is 15.0 Å². The van der Waals surface area contributed by atoms with E-state index >= 15 is 0 Å². The Hall–Kier alpha value is -3.85. The van der Waals surface area contributed by atoms with Gasteiger partial charge in [-0.05, 0) is 67.1 Å². The third-order valence-corrected chi connectivity index (χ3v) is 8.76. The average molecular weight is 608 g/mol. The van der Waals surface area contributed by atoms with E-state index in [2.05, 4.69) is 12.2 Å². The van der Waals surface area contributed by atoms with Gasteiger partial charge in [0.15, 0.2) is 0 Å². The number of aryl methyl sites for hydroxylation is 1. The summed E-state index contributed by atoms with van der Waals surface area (Å²) in [4.78, 5) is 29.3. The third-order valence-electron chi connectivity index (χ3n) is 7.58. The lowest BCUT2D eigenvalue weighted by Crippen LogP contribution is -2.50. The van der Waals surface area contributed by atoms with Crippen molar-refractivity contribution in [1.82, 2.24) is 10.2 Å². The molecule has 9 heteroatoms. The molecule has 232 valence electrons. The van der Waals surface area contributed by atoms with Crippen molar-refractivity contribution in [2.45, 2.75) is 65.5 Å². The molecule has 0 bridgehead atoms. The number of carbonyl (C=O) groups excluding carboxylic acids is 2. The van der Waals surface area contributed by atoms with E-state index in [-0.39, 0.29) is 31.3 Å². The van der Waals surface area contributed by atoms with Crippen molar-refractivity contribution in [3.63, 3.8) is 0 Å². The Bertz CT molecular complexity index is 1460. The maximum absolute atomic E-state index is 14.0. The molecule has 0 aliphatic carbocycles. The van der Waals surface area contributed by atoms with Crippen LogP contribution in [0.15, 0.2) is 72.8 Å². The molecule has 0 radical (unpaired) electrons. The van der Waals surface area contributed by atoms with Gasteiger partial charge in [-0.15, -0.1) is 0 Å². The summed E-state index contributed by atoms with van der Waals surface area (Å²) in [6.07, 6.45) is 3.69. The standard InChI is InChI=1S/C34H45N3O5S/c1-6-7-21-35-34(39)32(24-28-15-9-8-10-16-28)36(25-29-17-12-18-30(23-29)42-4)33(38)20-13-22-37(43(5,40)41)31-19-11-14-26(2)27(31)3/h8-12,14-19,23,32H,6-7,13,20-22,24-25H2,1-5H3,(H,35,39)/t32-/m0/s1. The molecule has 8 nitrogen and oxygen atoms in total. The molecule has 0 spiro atoms. The predicted octanol–water partition coefficient (Wildman–Crippen LogP) is 5.41. The van der Waals surface area contributed by atoms with Crippen molar-refractivity contribution in [3.05, 3.63) is 95.1 Å². The lowest BCUT2D eigenvalue weighted by atomic mass is 10.0. The molecule has 0 aliphatic rings. The van der Waals surface area contributed by atoms with Crippen LogP contribution in [0.4, 0.5) is 5.69 Å². The molecule has 3 aromatic rings. The Morgan fingerprint density at radius 3 is 2.30 bits per heavy atom. The van der Waals surface area contributed by atoms with Crippen LogP contribution in [-0.2, 0) is 32.6 Å². The Morgan fingerprint density at radius 2 is 1.63 bits per heavy atom. The lowest BCUT2D eigenvalue weighted by Gasteiger charge is -2.32. The Morgan fingerprint density at radius 1 is 0.930 bits per heavy atom. The molecule has 1 N–H and O–H groups in total. The van der Waals surface area contributed by atoms with Crippen LogP contribution >= 0.6 is 0 Å². The molecule has 43 heavy (non-hydrogen) atoms. The summed E-state index contributed by atoms with van der Waals surface area (Å²) < 4.78 is 32.4. The zero-order valence-electron chi connectivity index (χ0n) is 26.0. The fraction of sp³-hybridized carbons (Fsp3) is 0.412. The predicted molar refractivity (Wildman–Crippen MR) is 173 cm³/mol. The minimum Gasteiger partial charge on any atom is -0.497 e. The number of nitrogens with one attached hydrogen (secondary N) is 1. The van der Waals surface area contributed by atoms with Crippen LogP contribution < -0.4 is 14.4 Å². The summed E-state index contributed by atoms with van der Waals surface area (Å²) in [5.41, 5.74) is 4.26. The number of sulfonamides is 1. The van der Waals surface area contributed by atoms with Crippen molar-refractivity contribution in [2.24, 2.45) is 0 Å². The second-order valence-corrected chi connectivity index (χ2v) is 12.8. The SMILES string of the molecule is CCCCNC(=O)[C@H](Cc1ccccc1)N(Cc1cccc(OC)c1)C(=O)CCCN(c1cccc(C)c1C)S(C)(=O)=O. The van der Waals surface area contributed by atoms with Gasteiger partial charge in [0.2, 0.25) is 21.8 Å². The molecular weight excluding hydrogens is 562 g/mol. The van der Waals surface area contributed by atoms with E-state index in [1.165, 1.54) is 10.6 Å². The number of unbranched alkanes of at least 4 members (excludes halogenated alkanes) is 1. The second kappa shape index (κ2) is 16.1. The zero-order chi connectivity index (χ0) is 31.4. The quantitative estimate of drug-likeness (QED) is 0.220. The van der Waals surface area contributed by atoms with Crippen LogP contribution in [0.3, 0.4) is 0 Å². The van der Waals surface area contributed by atoms with Gasteiger partial charge in [-0.1, -0.05) is 67.9 Å². The molecule has 1 atom stereocenters. The highest BCUT2D eigenvalue weighted by atomic mass is 32.2. The summed E-state index contributed by atoms with van der Waals surface area (Å²) in [5, 5.41) is 3.03. The number of amides is 2. The number of hydrogen-bond donors (Lipinski definition) is 1. The summed E-state index contributed by atoms with van der Waals surface area (Å²) in [6.45, 7) is 6.79. The number of methoxy groups -OCH3 is 1. The Labute approximate surface area is 257 Å². The van der Waals surface area contributed by atoms with Crippen molar-refractivity contribution in [3.8, 4) is 5.75 Å². The first kappa shape index (κ1) is 33.6. The molecule has 0 saturated carbocycles. The van der Waals surface area contributed by atoms with Crippen molar-refractivity contribution in [1.29, 1.82) is 0 Å². The van der Waals surface area contributed by atoms with Crippen molar-refractivity contribution >= 4 is 27.5 Å². The maximum Gasteiger partial charge on any atom is 0.243 e. The van der Waals surface area contributed by atoms with Crippen LogP contribution in [0.25, 0.3) is 0 Å². The van der Waals surface area contributed by atoms with Crippen LogP contribution in [0.2, 0.25) is 0 Å². The molecule has 0 aromatic heterocycles. The van der Waals surface area contributed by atoms with Gasteiger partial charge in [0.05, 0.1) is 19.1 Å². The van der Waals surface area contributed by atoms with Gasteiger partial charge in [0, 0.05) is 32.5 Å². The van der Waals surface area contributed by atoms with E-state index in [1.807, 2.05) is 80.6 Å². The average Bonchev–Trinajstić information content (AvgIpc) is 2.98. The normalized spacial score (nSPS) is 11.9. The van der Waals surface area contributed by atoms with Crippen molar-refractivity contribution in [2.75, 3.05) is 30.8 Å². The molecule has 0 fully saturated rings. The smallest absolute Gasteiger partial charge is 0.243 e. The largest absolute Gasteiger partial charge is 0.497 e. The Balaban J connectivity index is 1.91. The van der Waals surface area contributed by atoms with Crippen LogP contribution in [0, 0.1) is 13.8 Å². The van der Waals surface area contributed by atoms with Gasteiger partial charge in [-0.3, -0.25) is 13.9 Å². The van der Waals surface area contributed by atoms with Gasteiger partial charge in [-0.25, -0.2) is 8.42 Å². The van der Waals surface area contributed by atoms with Gasteiger partial charge in [-0.2, -0.15) is 0 Å². The highest BCUT2D eigenvalue weighted by molar-refractivity contribution is 7.92. The molecule has 0 heterocycles. The van der Waals surface area contributed by atoms with E-state index < -0.39 is 16.1 Å². The van der Waals surface area contributed by atoms with E-state index in [9.17, 15) is 18.0 Å². The van der Waals surface area contributed by atoms with Crippen molar-refractivity contribution < 1.29 is 22.7 Å². The number of anilines is 1. The van der Waals surface area contributed by atoms with Crippen LogP contribution in [0.1, 0.15) is 54.9 Å². The lowest BCUT2D eigenvalue weighted by molar-refractivity contribution is -0.141. The first-order chi connectivity index (χ1) is 20.5. The minimum atomic E-state index is -3.58. The summed E-state index contributed by atoms with van der Waals surface area (Å²) >= 11 is 0. The van der Waals surface area contributed by atoms with Gasteiger partial charge >= 0.3 is 0 Å². The second-order valence-electron chi connectivity index (χ2n) is 10.9. The molecule has 0 aliphatic heterocycles. The van der Waals surface area contributed by atoms with Crippen LogP contribution in [0.5, 0.6) is 5.75 Å². The highest BCUT2D eigenvalue weighted by Gasteiger charge is 2.30. The Kier molecular flexibility index (Phi) is 12.6. The number of nitrogens with zero attached hydrogens (tertiary/aromatic N) is 2. The fourth-order valence-electron chi connectivity index (χ4n) is 5.02. The molecule has 0 saturated heterocycles. The minimum absolute atomic E-state index is 0.0778. The molecule has 0 unspecified atom stereocenters. The summed E-state index contributed by atoms with van der Waals surface area (Å²) in [7, 11) is -2.00. The summed E-state index contributed by atoms with van der Waals surface area (Å²) in [5.74, 6) is 0.236. The number of carbonyl (C=O) groups is 2. The highest BCUT2D eigenvalue weighted by Crippen LogP contribution is 2.26. The molecular formula is C34H45N3O5S. The number of hydrogen-bond acceptors (Lipinski definition) is 5. The number of benzene rings is 3. The maximum atomic E-state index is 14.0. The van der Waals surface area contributed by atoms with E-state index in [0.29, 0.717) is 30.8 Å². The van der Waals surface area contributed by atoms with Gasteiger partial charge in [0.1, 0.15) is 11.8 Å². The third kappa shape index (κ3) is 9.85. The topological polar surface area (TPSA) is 96.0 Å². The van der Waals surface area contributed by atoms with Gasteiger partial charge in [0.25, 0.3) is 0 Å². The summed E-state index contributed by atoms with van der Waals surface area (Å²) in [6, 6.07) is 21.9. The molecule has 3 aromatic carbocycles.